The number of rotatable bonds is 6. The van der Waals surface area contributed by atoms with Crippen molar-refractivity contribution < 1.29 is 24.2 Å². The molecule has 3 heterocycles. The number of aliphatic hydroxyl groups is 1. The minimum Gasteiger partial charge on any atom is -0.507 e. The monoisotopic (exact) mass is 413 g/mol. The molecule has 2 atom stereocenters. The molecule has 29 heavy (non-hydrogen) atoms. The number of methoxy groups -OCH3 is 1. The number of hydrogen-bond acceptors (Lipinski definition) is 6. The van der Waals surface area contributed by atoms with Crippen molar-refractivity contribution in [2.45, 2.75) is 31.9 Å². The van der Waals surface area contributed by atoms with E-state index in [2.05, 4.69) is 0 Å². The van der Waals surface area contributed by atoms with Crippen LogP contribution in [0.25, 0.3) is 5.76 Å². The summed E-state index contributed by atoms with van der Waals surface area (Å²) in [6.45, 7) is 2.86. The van der Waals surface area contributed by atoms with E-state index in [1.165, 1.54) is 16.2 Å². The Morgan fingerprint density at radius 2 is 2.17 bits per heavy atom. The third-order valence-corrected chi connectivity index (χ3v) is 6.19. The predicted molar refractivity (Wildman–Crippen MR) is 110 cm³/mol. The van der Waals surface area contributed by atoms with E-state index in [1.54, 1.807) is 13.2 Å². The highest BCUT2D eigenvalue weighted by atomic mass is 32.1. The number of benzene rings is 1. The topological polar surface area (TPSA) is 76.1 Å². The maximum absolute atomic E-state index is 12.9. The Bertz CT molecular complexity index is 966. The Kier molecular flexibility index (Phi) is 5.43. The first-order valence-corrected chi connectivity index (χ1v) is 10.5. The molecule has 7 heteroatoms. The highest BCUT2D eigenvalue weighted by Crippen LogP contribution is 2.42. The molecule has 2 aliphatic rings. The lowest BCUT2D eigenvalue weighted by Gasteiger charge is -2.24. The fraction of sp³-hybridized carbons (Fsp3) is 0.364. The van der Waals surface area contributed by atoms with Gasteiger partial charge in [-0.1, -0.05) is 6.07 Å². The van der Waals surface area contributed by atoms with Crippen LogP contribution in [0.1, 0.15) is 35.4 Å². The minimum absolute atomic E-state index is 0.0832. The van der Waals surface area contributed by atoms with Crippen molar-refractivity contribution in [1.82, 2.24) is 4.90 Å². The Labute approximate surface area is 173 Å². The molecule has 1 amide bonds. The molecule has 1 N–H and O–H groups in total. The third-order valence-electron chi connectivity index (χ3n) is 5.27. The number of ether oxygens (including phenoxy) is 2. The number of fused-ring (bicyclic) bond motifs is 1. The smallest absolute Gasteiger partial charge is 0.295 e. The Morgan fingerprint density at radius 1 is 1.34 bits per heavy atom. The van der Waals surface area contributed by atoms with Crippen LogP contribution in [-0.4, -0.2) is 48.1 Å². The summed E-state index contributed by atoms with van der Waals surface area (Å²) in [5.41, 5.74) is 1.66. The van der Waals surface area contributed by atoms with Crippen molar-refractivity contribution in [2.24, 2.45) is 0 Å². The van der Waals surface area contributed by atoms with Gasteiger partial charge in [-0.3, -0.25) is 9.59 Å². The predicted octanol–water partition coefficient (Wildman–Crippen LogP) is 3.53. The number of carbonyl (C=O) groups excluding carboxylic acids is 2. The number of hydrogen-bond donors (Lipinski definition) is 1. The highest BCUT2D eigenvalue weighted by molar-refractivity contribution is 7.10. The van der Waals surface area contributed by atoms with Gasteiger partial charge in [0.2, 0.25) is 0 Å². The van der Waals surface area contributed by atoms with E-state index in [0.29, 0.717) is 25.1 Å². The van der Waals surface area contributed by atoms with Gasteiger partial charge in [0.25, 0.3) is 11.7 Å². The Balaban J connectivity index is 1.76. The summed E-state index contributed by atoms with van der Waals surface area (Å²) in [6.07, 6.45) is 1.44. The average Bonchev–Trinajstić information content (AvgIpc) is 3.41. The molecule has 1 aromatic carbocycles. The van der Waals surface area contributed by atoms with Crippen molar-refractivity contribution in [3.8, 4) is 5.75 Å². The summed E-state index contributed by atoms with van der Waals surface area (Å²) in [6, 6.07) is 8.56. The molecular weight excluding hydrogens is 390 g/mol. The minimum atomic E-state index is -0.650. The van der Waals surface area contributed by atoms with E-state index >= 15 is 0 Å². The average molecular weight is 413 g/mol. The fourth-order valence-corrected chi connectivity index (χ4v) is 4.80. The van der Waals surface area contributed by atoms with Gasteiger partial charge in [0, 0.05) is 37.1 Å². The number of nitrogens with zero attached hydrogens (tertiary/aromatic N) is 1. The summed E-state index contributed by atoms with van der Waals surface area (Å²) in [5, 5.41) is 13.0. The lowest BCUT2D eigenvalue weighted by atomic mass is 9.98. The molecule has 0 bridgehead atoms. The van der Waals surface area contributed by atoms with Gasteiger partial charge in [0.05, 0.1) is 11.6 Å². The summed E-state index contributed by atoms with van der Waals surface area (Å²) in [4.78, 5) is 28.0. The normalized spacial score (nSPS) is 22.8. The lowest BCUT2D eigenvalue weighted by molar-refractivity contribution is -0.140. The molecule has 0 saturated carbocycles. The molecule has 0 spiro atoms. The molecule has 1 saturated heterocycles. The third kappa shape index (κ3) is 3.56. The van der Waals surface area contributed by atoms with Gasteiger partial charge in [-0.2, -0.15) is 0 Å². The SMILES string of the molecule is COCCCN1C(=O)C(=O)C(=C(O)c2ccc3c(c2)CC(C)O3)C1c1cccs1. The lowest BCUT2D eigenvalue weighted by Crippen LogP contribution is -2.31. The van der Waals surface area contributed by atoms with Crippen LogP contribution in [0.2, 0.25) is 0 Å². The zero-order chi connectivity index (χ0) is 20.5. The number of likely N-dealkylation sites (tertiary alicyclic amines) is 1. The number of amides is 1. The van der Waals surface area contributed by atoms with Gasteiger partial charge in [0.15, 0.2) is 0 Å². The standard InChI is InChI=1S/C22H23NO5S/c1-13-11-15-12-14(6-7-16(15)28-13)20(24)18-19(17-5-3-10-29-17)23(8-4-9-27-2)22(26)21(18)25/h3,5-7,10,12-13,19,24H,4,8-9,11H2,1-2H3. The summed E-state index contributed by atoms with van der Waals surface area (Å²) in [5.74, 6) is -0.579. The number of ketones is 1. The zero-order valence-electron chi connectivity index (χ0n) is 16.4. The first-order valence-electron chi connectivity index (χ1n) is 9.62. The van der Waals surface area contributed by atoms with E-state index < -0.39 is 17.7 Å². The molecule has 1 aromatic heterocycles. The van der Waals surface area contributed by atoms with Crippen LogP contribution in [0.15, 0.2) is 41.3 Å². The van der Waals surface area contributed by atoms with Crippen molar-refractivity contribution >= 4 is 28.8 Å². The maximum Gasteiger partial charge on any atom is 0.295 e. The van der Waals surface area contributed by atoms with Gasteiger partial charge in [-0.25, -0.2) is 0 Å². The molecule has 152 valence electrons. The summed E-state index contributed by atoms with van der Waals surface area (Å²) < 4.78 is 10.8. The second-order valence-corrected chi connectivity index (χ2v) is 8.29. The van der Waals surface area contributed by atoms with Crippen LogP contribution in [0.4, 0.5) is 0 Å². The van der Waals surface area contributed by atoms with Gasteiger partial charge in [-0.05, 0) is 48.6 Å². The molecule has 0 radical (unpaired) electrons. The quantitative estimate of drug-likeness (QED) is 0.339. The van der Waals surface area contributed by atoms with Crippen LogP contribution in [0.5, 0.6) is 5.75 Å². The van der Waals surface area contributed by atoms with Gasteiger partial charge in [0.1, 0.15) is 17.6 Å². The second kappa shape index (κ2) is 8.00. The number of carbonyl (C=O) groups is 2. The van der Waals surface area contributed by atoms with Gasteiger partial charge in [-0.15, -0.1) is 11.3 Å². The van der Waals surface area contributed by atoms with Crippen molar-refractivity contribution in [2.75, 3.05) is 20.3 Å². The first-order chi connectivity index (χ1) is 14.0. The second-order valence-electron chi connectivity index (χ2n) is 7.31. The molecule has 2 unspecified atom stereocenters. The highest BCUT2D eigenvalue weighted by Gasteiger charge is 2.46. The summed E-state index contributed by atoms with van der Waals surface area (Å²) >= 11 is 1.46. The van der Waals surface area contributed by atoms with Crippen LogP contribution < -0.4 is 4.74 Å². The van der Waals surface area contributed by atoms with Crippen molar-refractivity contribution in [1.29, 1.82) is 0 Å². The van der Waals surface area contributed by atoms with Crippen LogP contribution in [0, 0.1) is 0 Å². The molecule has 1 fully saturated rings. The molecule has 2 aromatic rings. The molecule has 2 aliphatic heterocycles. The maximum atomic E-state index is 12.9. The zero-order valence-corrected chi connectivity index (χ0v) is 17.2. The summed E-state index contributed by atoms with van der Waals surface area (Å²) in [7, 11) is 1.60. The van der Waals surface area contributed by atoms with E-state index in [1.807, 2.05) is 36.6 Å². The van der Waals surface area contributed by atoms with E-state index in [-0.39, 0.29) is 17.4 Å². The Morgan fingerprint density at radius 3 is 2.90 bits per heavy atom. The van der Waals surface area contributed by atoms with Gasteiger partial charge >= 0.3 is 0 Å². The van der Waals surface area contributed by atoms with Crippen LogP contribution >= 0.6 is 11.3 Å². The van der Waals surface area contributed by atoms with E-state index in [0.717, 1.165) is 22.6 Å². The van der Waals surface area contributed by atoms with E-state index in [4.69, 9.17) is 9.47 Å². The molecular formula is C22H23NO5S. The molecule has 4 rings (SSSR count). The largest absolute Gasteiger partial charge is 0.507 e. The number of thiophene rings is 1. The molecule has 0 aliphatic carbocycles. The van der Waals surface area contributed by atoms with Crippen molar-refractivity contribution in [3.63, 3.8) is 0 Å². The first kappa shape index (κ1) is 19.7. The number of Topliss-reactive ketones (excluding diaryl/α,β-unsaturated/α-hetero) is 1. The van der Waals surface area contributed by atoms with Crippen LogP contribution in [0.3, 0.4) is 0 Å². The molecule has 6 nitrogen and oxygen atoms in total. The van der Waals surface area contributed by atoms with Gasteiger partial charge < -0.3 is 19.5 Å². The van der Waals surface area contributed by atoms with E-state index in [9.17, 15) is 14.7 Å². The van der Waals surface area contributed by atoms with Crippen LogP contribution in [-0.2, 0) is 20.7 Å². The Hall–Kier alpha value is -2.64. The number of aliphatic hydroxyl groups excluding tert-OH is 1. The fourth-order valence-electron chi connectivity index (χ4n) is 3.96. The van der Waals surface area contributed by atoms with Crippen molar-refractivity contribution in [3.05, 3.63) is 57.3 Å².